The minimum absolute atomic E-state index is 0.613. The predicted octanol–water partition coefficient (Wildman–Crippen LogP) is 3.05. The normalized spacial score (nSPS) is 10.2. The van der Waals surface area contributed by atoms with Crippen molar-refractivity contribution in [3.05, 3.63) is 52.8 Å². The van der Waals surface area contributed by atoms with Gasteiger partial charge in [0.15, 0.2) is 0 Å². The molecule has 0 amide bonds. The zero-order valence-electron chi connectivity index (χ0n) is 9.27. The Labute approximate surface area is 109 Å². The molecular weight excluding hydrogens is 280 g/mol. The fraction of sp³-hybridized carbons (Fsp3) is 0.154. The van der Waals surface area contributed by atoms with E-state index in [9.17, 15) is 0 Å². The summed E-state index contributed by atoms with van der Waals surface area (Å²) in [7, 11) is 0. The molecule has 2 aromatic rings. The molecule has 17 heavy (non-hydrogen) atoms. The summed E-state index contributed by atoms with van der Waals surface area (Å²) >= 11 is 3.38. The molecule has 0 aliphatic rings. The van der Waals surface area contributed by atoms with E-state index < -0.39 is 0 Å². The van der Waals surface area contributed by atoms with Gasteiger partial charge in [-0.1, -0.05) is 22.0 Å². The van der Waals surface area contributed by atoms with Crippen LogP contribution < -0.4 is 10.5 Å². The fourth-order valence-electron chi connectivity index (χ4n) is 1.50. The molecule has 2 rings (SSSR count). The lowest BCUT2D eigenvalue weighted by Gasteiger charge is -2.07. The van der Waals surface area contributed by atoms with Gasteiger partial charge in [-0.25, -0.2) is 0 Å². The number of nitrogens with zero attached hydrogens (tertiary/aromatic N) is 1. The standard InChI is InChI=1S/C13H13BrN2O/c14-11-6-12(15)8-13(7-11)17-5-3-10-2-1-4-16-9-10/h1-2,4,6-9H,3,5,15H2. The molecule has 0 unspecified atom stereocenters. The monoisotopic (exact) mass is 292 g/mol. The summed E-state index contributed by atoms with van der Waals surface area (Å²) in [6, 6.07) is 9.51. The van der Waals surface area contributed by atoms with E-state index in [4.69, 9.17) is 10.5 Å². The Hall–Kier alpha value is -1.55. The summed E-state index contributed by atoms with van der Waals surface area (Å²) in [5.41, 5.74) is 7.58. The van der Waals surface area contributed by atoms with Gasteiger partial charge in [0.2, 0.25) is 0 Å². The van der Waals surface area contributed by atoms with Crippen LogP contribution in [-0.2, 0) is 6.42 Å². The molecule has 0 fully saturated rings. The number of nitrogen functional groups attached to an aromatic ring is 1. The Kier molecular flexibility index (Phi) is 3.98. The van der Waals surface area contributed by atoms with Gasteiger partial charge in [-0.3, -0.25) is 4.98 Å². The molecule has 2 N–H and O–H groups in total. The number of anilines is 1. The topological polar surface area (TPSA) is 48.1 Å². The maximum absolute atomic E-state index is 5.72. The van der Waals surface area contributed by atoms with E-state index in [1.807, 2.05) is 36.5 Å². The van der Waals surface area contributed by atoms with E-state index in [0.29, 0.717) is 12.3 Å². The highest BCUT2D eigenvalue weighted by Crippen LogP contribution is 2.22. The van der Waals surface area contributed by atoms with Crippen LogP contribution in [0.5, 0.6) is 5.75 Å². The number of halogens is 1. The number of ether oxygens (including phenoxy) is 1. The van der Waals surface area contributed by atoms with E-state index in [2.05, 4.69) is 20.9 Å². The van der Waals surface area contributed by atoms with Crippen molar-refractivity contribution in [2.24, 2.45) is 0 Å². The van der Waals surface area contributed by atoms with Gasteiger partial charge in [-0.15, -0.1) is 0 Å². The summed E-state index contributed by atoms with van der Waals surface area (Å²) in [6.45, 7) is 0.613. The molecule has 0 radical (unpaired) electrons. The van der Waals surface area contributed by atoms with E-state index in [0.717, 1.165) is 22.2 Å². The fourth-order valence-corrected chi connectivity index (χ4v) is 1.99. The summed E-state index contributed by atoms with van der Waals surface area (Å²) in [5.74, 6) is 0.778. The van der Waals surface area contributed by atoms with Gasteiger partial charge in [0, 0.05) is 35.0 Å². The second kappa shape index (κ2) is 5.68. The maximum atomic E-state index is 5.72. The average molecular weight is 293 g/mol. The van der Waals surface area contributed by atoms with E-state index >= 15 is 0 Å². The first-order valence-electron chi connectivity index (χ1n) is 5.32. The Morgan fingerprint density at radius 3 is 2.88 bits per heavy atom. The van der Waals surface area contributed by atoms with Crippen molar-refractivity contribution in [2.75, 3.05) is 12.3 Å². The molecule has 0 bridgehead atoms. The second-order valence-corrected chi connectivity index (χ2v) is 4.60. The number of hydrogen-bond donors (Lipinski definition) is 1. The van der Waals surface area contributed by atoms with Crippen molar-refractivity contribution < 1.29 is 4.74 Å². The number of benzene rings is 1. The first-order chi connectivity index (χ1) is 8.24. The van der Waals surface area contributed by atoms with Crippen molar-refractivity contribution in [1.82, 2.24) is 4.98 Å². The van der Waals surface area contributed by atoms with Gasteiger partial charge in [0.25, 0.3) is 0 Å². The molecule has 1 heterocycles. The number of hydrogen-bond acceptors (Lipinski definition) is 3. The van der Waals surface area contributed by atoms with Gasteiger partial charge in [0.1, 0.15) is 5.75 Å². The Morgan fingerprint density at radius 2 is 2.18 bits per heavy atom. The SMILES string of the molecule is Nc1cc(Br)cc(OCCc2cccnc2)c1. The van der Waals surface area contributed by atoms with Crippen LogP contribution in [0, 0.1) is 0 Å². The molecule has 1 aromatic carbocycles. The highest BCUT2D eigenvalue weighted by molar-refractivity contribution is 9.10. The number of aromatic nitrogens is 1. The molecule has 0 atom stereocenters. The molecule has 0 spiro atoms. The number of pyridine rings is 1. The largest absolute Gasteiger partial charge is 0.493 e. The Morgan fingerprint density at radius 1 is 1.29 bits per heavy atom. The third-order valence-corrected chi connectivity index (χ3v) is 2.73. The lowest BCUT2D eigenvalue weighted by Crippen LogP contribution is -2.02. The van der Waals surface area contributed by atoms with Crippen LogP contribution in [0.4, 0.5) is 5.69 Å². The van der Waals surface area contributed by atoms with Gasteiger partial charge < -0.3 is 10.5 Å². The first-order valence-corrected chi connectivity index (χ1v) is 6.11. The van der Waals surface area contributed by atoms with Crippen LogP contribution in [0.15, 0.2) is 47.2 Å². The van der Waals surface area contributed by atoms with Crippen LogP contribution in [0.1, 0.15) is 5.56 Å². The van der Waals surface area contributed by atoms with Crippen molar-refractivity contribution in [2.45, 2.75) is 6.42 Å². The summed E-state index contributed by atoms with van der Waals surface area (Å²) in [6.07, 6.45) is 4.44. The molecular formula is C13H13BrN2O. The first kappa shape index (κ1) is 11.9. The molecule has 3 nitrogen and oxygen atoms in total. The van der Waals surface area contributed by atoms with Crippen LogP contribution in [-0.4, -0.2) is 11.6 Å². The van der Waals surface area contributed by atoms with E-state index in [-0.39, 0.29) is 0 Å². The van der Waals surface area contributed by atoms with E-state index in [1.54, 1.807) is 6.20 Å². The van der Waals surface area contributed by atoms with Crippen LogP contribution in [0.25, 0.3) is 0 Å². The Balaban J connectivity index is 1.90. The predicted molar refractivity (Wildman–Crippen MR) is 72.0 cm³/mol. The molecule has 1 aromatic heterocycles. The lowest BCUT2D eigenvalue weighted by atomic mass is 10.2. The molecule has 0 saturated carbocycles. The van der Waals surface area contributed by atoms with E-state index in [1.165, 1.54) is 0 Å². The third-order valence-electron chi connectivity index (χ3n) is 2.28. The smallest absolute Gasteiger partial charge is 0.122 e. The molecule has 0 aliphatic carbocycles. The molecule has 88 valence electrons. The molecule has 0 saturated heterocycles. The minimum atomic E-state index is 0.613. The van der Waals surface area contributed by atoms with Crippen molar-refractivity contribution in [3.63, 3.8) is 0 Å². The third kappa shape index (κ3) is 3.75. The summed E-state index contributed by atoms with van der Waals surface area (Å²) in [4.78, 5) is 4.06. The number of rotatable bonds is 4. The van der Waals surface area contributed by atoms with Crippen molar-refractivity contribution >= 4 is 21.6 Å². The highest BCUT2D eigenvalue weighted by atomic mass is 79.9. The summed E-state index contributed by atoms with van der Waals surface area (Å²) < 4.78 is 6.56. The maximum Gasteiger partial charge on any atom is 0.122 e. The highest BCUT2D eigenvalue weighted by Gasteiger charge is 1.99. The number of nitrogens with two attached hydrogens (primary N) is 1. The zero-order chi connectivity index (χ0) is 12.1. The minimum Gasteiger partial charge on any atom is -0.493 e. The van der Waals surface area contributed by atoms with Gasteiger partial charge >= 0.3 is 0 Å². The van der Waals surface area contributed by atoms with Crippen molar-refractivity contribution in [3.8, 4) is 5.75 Å². The quantitative estimate of drug-likeness (QED) is 0.881. The van der Waals surface area contributed by atoms with Crippen molar-refractivity contribution in [1.29, 1.82) is 0 Å². The van der Waals surface area contributed by atoms with Crippen LogP contribution in [0.2, 0.25) is 0 Å². The summed E-state index contributed by atoms with van der Waals surface area (Å²) in [5, 5.41) is 0. The van der Waals surface area contributed by atoms with Gasteiger partial charge in [-0.05, 0) is 23.8 Å². The lowest BCUT2D eigenvalue weighted by molar-refractivity contribution is 0.322. The van der Waals surface area contributed by atoms with Crippen LogP contribution in [0.3, 0.4) is 0 Å². The van der Waals surface area contributed by atoms with Gasteiger partial charge in [0.05, 0.1) is 6.61 Å². The molecule has 0 aliphatic heterocycles. The van der Waals surface area contributed by atoms with Crippen LogP contribution >= 0.6 is 15.9 Å². The van der Waals surface area contributed by atoms with Gasteiger partial charge in [-0.2, -0.15) is 0 Å². The zero-order valence-corrected chi connectivity index (χ0v) is 10.9. The Bertz CT molecular complexity index is 468. The molecule has 4 heteroatoms. The second-order valence-electron chi connectivity index (χ2n) is 3.68. The average Bonchev–Trinajstić information content (AvgIpc) is 2.29.